The van der Waals surface area contributed by atoms with Gasteiger partial charge in [0.2, 0.25) is 0 Å². The molecular weight excluding hydrogens is 235 g/mol. The van der Waals surface area contributed by atoms with Crippen LogP contribution in [0.5, 0.6) is 0 Å². The fraction of sp³-hybridized carbons (Fsp3) is 0.538. The molecule has 1 aromatic rings. The summed E-state index contributed by atoms with van der Waals surface area (Å²) in [7, 11) is 0. The molecule has 2 nitrogen and oxygen atoms in total. The molecule has 0 heterocycles. The van der Waals surface area contributed by atoms with Crippen molar-refractivity contribution < 1.29 is 4.39 Å². The van der Waals surface area contributed by atoms with Gasteiger partial charge in [0.25, 0.3) is 0 Å². The third-order valence-electron chi connectivity index (χ3n) is 3.36. The lowest BCUT2D eigenvalue weighted by Gasteiger charge is -2.32. The second-order valence-corrected chi connectivity index (χ2v) is 5.62. The lowest BCUT2D eigenvalue weighted by atomic mass is 9.94. The highest BCUT2D eigenvalue weighted by Crippen LogP contribution is 2.31. The molecule has 1 aliphatic carbocycles. The molecule has 0 radical (unpaired) electrons. The number of nitrogens with one attached hydrogen (secondary N) is 1. The van der Waals surface area contributed by atoms with Crippen LogP contribution in [0.4, 0.5) is 15.8 Å². The molecule has 0 aromatic heterocycles. The van der Waals surface area contributed by atoms with Crippen LogP contribution in [-0.4, -0.2) is 17.5 Å². The highest BCUT2D eigenvalue weighted by Gasteiger charge is 2.24. The summed E-state index contributed by atoms with van der Waals surface area (Å²) in [5, 5.41) is 4.01. The van der Waals surface area contributed by atoms with E-state index in [0.29, 0.717) is 17.0 Å². The summed E-state index contributed by atoms with van der Waals surface area (Å²) < 4.78 is 13.2. The van der Waals surface area contributed by atoms with Gasteiger partial charge in [-0.15, -0.1) is 0 Å². The van der Waals surface area contributed by atoms with Crippen molar-refractivity contribution in [2.24, 2.45) is 0 Å². The number of hydrogen-bond acceptors (Lipinski definition) is 3. The van der Waals surface area contributed by atoms with Gasteiger partial charge in [0.05, 0.1) is 11.4 Å². The fourth-order valence-corrected chi connectivity index (χ4v) is 3.33. The third kappa shape index (κ3) is 3.06. The fourth-order valence-electron chi connectivity index (χ4n) is 2.40. The molecule has 2 unspecified atom stereocenters. The Bertz CT molecular complexity index is 384. The second-order valence-electron chi connectivity index (χ2n) is 4.54. The van der Waals surface area contributed by atoms with E-state index in [1.807, 2.05) is 11.8 Å². The number of benzene rings is 1. The van der Waals surface area contributed by atoms with Gasteiger partial charge in [-0.25, -0.2) is 4.39 Å². The van der Waals surface area contributed by atoms with E-state index in [4.69, 9.17) is 5.73 Å². The maximum Gasteiger partial charge on any atom is 0.125 e. The van der Waals surface area contributed by atoms with Gasteiger partial charge >= 0.3 is 0 Å². The molecule has 0 aliphatic heterocycles. The summed E-state index contributed by atoms with van der Waals surface area (Å²) in [6, 6.07) is 4.91. The summed E-state index contributed by atoms with van der Waals surface area (Å²) in [6.07, 6.45) is 7.04. The molecule has 2 rings (SSSR count). The van der Waals surface area contributed by atoms with Gasteiger partial charge in [-0.3, -0.25) is 0 Å². The quantitative estimate of drug-likeness (QED) is 0.811. The molecule has 1 fully saturated rings. The summed E-state index contributed by atoms with van der Waals surface area (Å²) in [4.78, 5) is 0. The zero-order valence-electron chi connectivity index (χ0n) is 10.1. The first kappa shape index (κ1) is 12.6. The molecule has 4 heteroatoms. The first-order valence-electron chi connectivity index (χ1n) is 6.05. The molecule has 0 saturated heterocycles. The smallest absolute Gasteiger partial charge is 0.125 e. The first-order valence-corrected chi connectivity index (χ1v) is 7.34. The summed E-state index contributed by atoms with van der Waals surface area (Å²) >= 11 is 1.89. The SMILES string of the molecule is CSC1CCCCC1Nc1cc(F)ccc1N. The monoisotopic (exact) mass is 254 g/mol. The van der Waals surface area contributed by atoms with Crippen LogP contribution in [-0.2, 0) is 0 Å². The van der Waals surface area contributed by atoms with Gasteiger partial charge in [-0.2, -0.15) is 11.8 Å². The summed E-state index contributed by atoms with van der Waals surface area (Å²) in [6.45, 7) is 0. The number of rotatable bonds is 3. The van der Waals surface area contributed by atoms with Crippen molar-refractivity contribution >= 4 is 23.1 Å². The second kappa shape index (κ2) is 5.63. The van der Waals surface area contributed by atoms with Crippen molar-refractivity contribution in [2.75, 3.05) is 17.3 Å². The maximum atomic E-state index is 13.2. The van der Waals surface area contributed by atoms with E-state index in [9.17, 15) is 4.39 Å². The van der Waals surface area contributed by atoms with Gasteiger partial charge in [-0.05, 0) is 37.3 Å². The number of anilines is 2. The Kier molecular flexibility index (Phi) is 4.15. The van der Waals surface area contributed by atoms with Crippen molar-refractivity contribution in [3.63, 3.8) is 0 Å². The average Bonchev–Trinajstić information content (AvgIpc) is 2.34. The van der Waals surface area contributed by atoms with E-state index in [-0.39, 0.29) is 5.82 Å². The van der Waals surface area contributed by atoms with Crippen molar-refractivity contribution in [3.05, 3.63) is 24.0 Å². The summed E-state index contributed by atoms with van der Waals surface area (Å²) in [5.74, 6) is -0.238. The van der Waals surface area contributed by atoms with Crippen LogP contribution in [0.1, 0.15) is 25.7 Å². The number of halogens is 1. The van der Waals surface area contributed by atoms with Crippen LogP contribution in [0.3, 0.4) is 0 Å². The van der Waals surface area contributed by atoms with E-state index in [0.717, 1.165) is 12.1 Å². The standard InChI is InChI=1S/C13H19FN2S/c1-17-13-5-3-2-4-11(13)16-12-8-9(14)6-7-10(12)15/h6-8,11,13,16H,2-5,15H2,1H3. The molecule has 2 atom stereocenters. The van der Waals surface area contributed by atoms with Crippen LogP contribution < -0.4 is 11.1 Å². The van der Waals surface area contributed by atoms with Crippen molar-refractivity contribution in [2.45, 2.75) is 37.0 Å². The van der Waals surface area contributed by atoms with E-state index in [1.54, 1.807) is 6.07 Å². The predicted octanol–water partition coefficient (Wildman–Crippen LogP) is 3.49. The average molecular weight is 254 g/mol. The van der Waals surface area contributed by atoms with E-state index >= 15 is 0 Å². The topological polar surface area (TPSA) is 38.0 Å². The van der Waals surface area contributed by atoms with Crippen LogP contribution in [0.25, 0.3) is 0 Å². The first-order chi connectivity index (χ1) is 8.20. The van der Waals surface area contributed by atoms with Gasteiger partial charge in [0.15, 0.2) is 0 Å². The van der Waals surface area contributed by atoms with Gasteiger partial charge in [0.1, 0.15) is 5.82 Å². The third-order valence-corrected chi connectivity index (χ3v) is 4.53. The number of nitrogen functional groups attached to an aromatic ring is 1. The minimum atomic E-state index is -0.238. The number of thioether (sulfide) groups is 1. The van der Waals surface area contributed by atoms with E-state index in [1.165, 1.54) is 31.4 Å². The molecule has 0 amide bonds. The predicted molar refractivity (Wildman–Crippen MR) is 74.0 cm³/mol. The van der Waals surface area contributed by atoms with Gasteiger partial charge in [-0.1, -0.05) is 12.8 Å². The minimum absolute atomic E-state index is 0.238. The van der Waals surface area contributed by atoms with Crippen LogP contribution in [0.15, 0.2) is 18.2 Å². The molecule has 0 bridgehead atoms. The van der Waals surface area contributed by atoms with E-state index in [2.05, 4.69) is 11.6 Å². The van der Waals surface area contributed by atoms with Crippen LogP contribution >= 0.6 is 11.8 Å². The van der Waals surface area contributed by atoms with Crippen molar-refractivity contribution in [3.8, 4) is 0 Å². The molecule has 94 valence electrons. The molecule has 0 spiro atoms. The Hall–Kier alpha value is -0.900. The molecule has 1 aromatic carbocycles. The molecule has 1 saturated carbocycles. The van der Waals surface area contributed by atoms with E-state index < -0.39 is 0 Å². The Morgan fingerprint density at radius 1 is 1.35 bits per heavy atom. The lowest BCUT2D eigenvalue weighted by molar-refractivity contribution is 0.475. The highest BCUT2D eigenvalue weighted by molar-refractivity contribution is 7.99. The highest BCUT2D eigenvalue weighted by atomic mass is 32.2. The zero-order valence-corrected chi connectivity index (χ0v) is 10.9. The van der Waals surface area contributed by atoms with Gasteiger partial charge in [0, 0.05) is 11.3 Å². The number of nitrogens with two attached hydrogens (primary N) is 1. The van der Waals surface area contributed by atoms with Gasteiger partial charge < -0.3 is 11.1 Å². The molecule has 3 N–H and O–H groups in total. The maximum absolute atomic E-state index is 13.2. The molecule has 1 aliphatic rings. The largest absolute Gasteiger partial charge is 0.397 e. The summed E-state index contributed by atoms with van der Waals surface area (Å²) in [5.41, 5.74) is 7.21. The number of hydrogen-bond donors (Lipinski definition) is 2. The Morgan fingerprint density at radius 2 is 2.12 bits per heavy atom. The normalized spacial score (nSPS) is 24.6. The van der Waals surface area contributed by atoms with Crippen molar-refractivity contribution in [1.82, 2.24) is 0 Å². The Balaban J connectivity index is 2.10. The van der Waals surface area contributed by atoms with Crippen molar-refractivity contribution in [1.29, 1.82) is 0 Å². The van der Waals surface area contributed by atoms with Crippen LogP contribution in [0, 0.1) is 5.82 Å². The lowest BCUT2D eigenvalue weighted by Crippen LogP contribution is -2.34. The van der Waals surface area contributed by atoms with Crippen LogP contribution in [0.2, 0.25) is 0 Å². The Morgan fingerprint density at radius 3 is 2.88 bits per heavy atom. The Labute approximate surface area is 106 Å². The zero-order chi connectivity index (χ0) is 12.3. The molecule has 17 heavy (non-hydrogen) atoms. The minimum Gasteiger partial charge on any atom is -0.397 e. The molecular formula is C13H19FN2S.